The van der Waals surface area contributed by atoms with Crippen LogP contribution in [0.3, 0.4) is 0 Å². The second-order valence-corrected chi connectivity index (χ2v) is 8.30. The van der Waals surface area contributed by atoms with Crippen LogP contribution in [0, 0.1) is 20.8 Å². The topological polar surface area (TPSA) is 53.7 Å². The molecule has 6 heteroatoms. The molecule has 2 aliphatic rings. The van der Waals surface area contributed by atoms with Gasteiger partial charge in [0.1, 0.15) is 0 Å². The Kier molecular flexibility index (Phi) is 4.93. The Morgan fingerprint density at radius 2 is 1.96 bits per heavy atom. The van der Waals surface area contributed by atoms with Gasteiger partial charge in [0.05, 0.1) is 5.69 Å². The number of hydrogen-bond donors (Lipinski definition) is 0. The number of fused-ring (bicyclic) bond motifs is 2. The predicted molar refractivity (Wildman–Crippen MR) is 106 cm³/mol. The molecule has 0 saturated carbocycles. The molecule has 0 aromatic carbocycles. The quantitative estimate of drug-likeness (QED) is 0.835. The number of aromatic nitrogens is 3. The molecule has 4 rings (SSSR count). The smallest absolute Gasteiger partial charge is 0.223 e. The maximum Gasteiger partial charge on any atom is 0.223 e. The molecule has 2 atom stereocenters. The van der Waals surface area contributed by atoms with Gasteiger partial charge in [-0.3, -0.25) is 4.79 Å². The first kappa shape index (κ1) is 18.4. The summed E-state index contributed by atoms with van der Waals surface area (Å²) in [6, 6.07) is 2.95. The standard InChI is InChI=1S/C21H31N5O/c1-14-13-20-22-15(2)17(16(3)26(20)23-14)8-9-21(27)25-12-10-18-19(25)7-5-6-11-24(18)4/h13,18-19H,5-12H2,1-4H3/t18-,19-/m1/s1. The summed E-state index contributed by atoms with van der Waals surface area (Å²) in [6.45, 7) is 8.18. The van der Waals surface area contributed by atoms with Crippen molar-refractivity contribution < 1.29 is 4.79 Å². The Bertz CT molecular complexity index is 858. The molecule has 0 spiro atoms. The van der Waals surface area contributed by atoms with Crippen molar-refractivity contribution in [2.24, 2.45) is 0 Å². The first-order chi connectivity index (χ1) is 13.0. The van der Waals surface area contributed by atoms with Crippen molar-refractivity contribution in [3.8, 4) is 0 Å². The van der Waals surface area contributed by atoms with Crippen LogP contribution < -0.4 is 0 Å². The Morgan fingerprint density at radius 3 is 2.78 bits per heavy atom. The van der Waals surface area contributed by atoms with Crippen LogP contribution >= 0.6 is 0 Å². The third-order valence-electron chi connectivity index (χ3n) is 6.53. The van der Waals surface area contributed by atoms with Crippen molar-refractivity contribution >= 4 is 11.6 Å². The molecule has 27 heavy (non-hydrogen) atoms. The van der Waals surface area contributed by atoms with E-state index >= 15 is 0 Å². The van der Waals surface area contributed by atoms with Crippen molar-refractivity contribution in [3.63, 3.8) is 0 Å². The third-order valence-corrected chi connectivity index (χ3v) is 6.53. The van der Waals surface area contributed by atoms with Crippen LogP contribution in [0.15, 0.2) is 6.07 Å². The van der Waals surface area contributed by atoms with Gasteiger partial charge in [-0.1, -0.05) is 6.42 Å². The zero-order valence-electron chi connectivity index (χ0n) is 17.0. The molecule has 0 aliphatic carbocycles. The lowest BCUT2D eigenvalue weighted by atomic mass is 10.0. The number of hydrogen-bond acceptors (Lipinski definition) is 4. The minimum absolute atomic E-state index is 0.299. The zero-order chi connectivity index (χ0) is 19.1. The van der Waals surface area contributed by atoms with Gasteiger partial charge in [0.25, 0.3) is 0 Å². The fourth-order valence-electron chi connectivity index (χ4n) is 5.07. The SMILES string of the molecule is Cc1cc2nc(C)c(CCC(=O)N3CC[C@@H]4[C@H]3CCCCN4C)c(C)n2n1. The predicted octanol–water partition coefficient (Wildman–Crippen LogP) is 2.67. The van der Waals surface area contributed by atoms with Crippen LogP contribution in [0.5, 0.6) is 0 Å². The molecule has 2 saturated heterocycles. The molecule has 146 valence electrons. The van der Waals surface area contributed by atoms with Gasteiger partial charge in [0.15, 0.2) is 5.65 Å². The Hall–Kier alpha value is -1.95. The molecule has 1 amide bonds. The summed E-state index contributed by atoms with van der Waals surface area (Å²) in [5, 5.41) is 4.54. The van der Waals surface area contributed by atoms with Crippen molar-refractivity contribution in [1.29, 1.82) is 0 Å². The largest absolute Gasteiger partial charge is 0.338 e. The van der Waals surface area contributed by atoms with Crippen molar-refractivity contribution in [2.45, 2.75) is 71.4 Å². The molecule has 0 radical (unpaired) electrons. The minimum atomic E-state index is 0.299. The van der Waals surface area contributed by atoms with E-state index in [1.807, 2.05) is 24.4 Å². The lowest BCUT2D eigenvalue weighted by molar-refractivity contribution is -0.132. The molecule has 4 heterocycles. The molecular weight excluding hydrogens is 338 g/mol. The van der Waals surface area contributed by atoms with Crippen LogP contribution in [0.2, 0.25) is 0 Å². The van der Waals surface area contributed by atoms with E-state index in [1.165, 1.54) is 12.8 Å². The molecule has 6 nitrogen and oxygen atoms in total. The Morgan fingerprint density at radius 1 is 1.15 bits per heavy atom. The van der Waals surface area contributed by atoms with Crippen molar-refractivity contribution in [2.75, 3.05) is 20.1 Å². The van der Waals surface area contributed by atoms with Crippen LogP contribution in [0.25, 0.3) is 5.65 Å². The van der Waals surface area contributed by atoms with E-state index in [0.717, 1.165) is 60.6 Å². The van der Waals surface area contributed by atoms with Crippen LogP contribution in [-0.4, -0.2) is 62.5 Å². The second-order valence-electron chi connectivity index (χ2n) is 8.30. The molecule has 2 aromatic heterocycles. The first-order valence-corrected chi connectivity index (χ1v) is 10.3. The Balaban J connectivity index is 1.49. The molecule has 2 fully saturated rings. The molecular formula is C21H31N5O. The summed E-state index contributed by atoms with van der Waals surface area (Å²) in [6.07, 6.45) is 6.04. The number of carbonyl (C=O) groups excluding carboxylic acids is 1. The summed E-state index contributed by atoms with van der Waals surface area (Å²) < 4.78 is 1.91. The van der Waals surface area contributed by atoms with E-state index in [1.54, 1.807) is 0 Å². The zero-order valence-corrected chi connectivity index (χ0v) is 17.0. The number of likely N-dealkylation sites (tertiary alicyclic amines) is 2. The number of amides is 1. The molecule has 2 aliphatic heterocycles. The fourth-order valence-corrected chi connectivity index (χ4v) is 5.07. The number of rotatable bonds is 3. The number of aryl methyl sites for hydroxylation is 3. The summed E-state index contributed by atoms with van der Waals surface area (Å²) >= 11 is 0. The van der Waals surface area contributed by atoms with E-state index in [-0.39, 0.29) is 0 Å². The van der Waals surface area contributed by atoms with Crippen LogP contribution in [0.4, 0.5) is 0 Å². The van der Waals surface area contributed by atoms with Crippen molar-refractivity contribution in [3.05, 3.63) is 28.7 Å². The lowest BCUT2D eigenvalue weighted by Crippen LogP contribution is -2.44. The highest BCUT2D eigenvalue weighted by Crippen LogP contribution is 2.30. The minimum Gasteiger partial charge on any atom is -0.338 e. The molecule has 0 unspecified atom stereocenters. The Labute approximate surface area is 161 Å². The van der Waals surface area contributed by atoms with Gasteiger partial charge in [-0.2, -0.15) is 5.10 Å². The normalized spacial score (nSPS) is 23.6. The number of nitrogens with zero attached hydrogens (tertiary/aromatic N) is 5. The van der Waals surface area contributed by atoms with Gasteiger partial charge in [0.2, 0.25) is 5.91 Å². The third kappa shape index (κ3) is 3.35. The van der Waals surface area contributed by atoms with Crippen LogP contribution in [-0.2, 0) is 11.2 Å². The van der Waals surface area contributed by atoms with Gasteiger partial charge < -0.3 is 9.80 Å². The highest BCUT2D eigenvalue weighted by Gasteiger charge is 2.39. The van der Waals surface area contributed by atoms with E-state index in [2.05, 4.69) is 33.9 Å². The van der Waals surface area contributed by atoms with Crippen molar-refractivity contribution in [1.82, 2.24) is 24.4 Å². The summed E-state index contributed by atoms with van der Waals surface area (Å²) in [7, 11) is 2.22. The average molecular weight is 370 g/mol. The maximum atomic E-state index is 13.0. The summed E-state index contributed by atoms with van der Waals surface area (Å²) in [5.41, 5.74) is 5.14. The van der Waals surface area contributed by atoms with E-state index < -0.39 is 0 Å². The van der Waals surface area contributed by atoms with E-state index in [9.17, 15) is 4.79 Å². The maximum absolute atomic E-state index is 13.0. The van der Waals surface area contributed by atoms with E-state index in [4.69, 9.17) is 0 Å². The molecule has 2 aromatic rings. The highest BCUT2D eigenvalue weighted by atomic mass is 16.2. The summed E-state index contributed by atoms with van der Waals surface area (Å²) in [5.74, 6) is 0.299. The monoisotopic (exact) mass is 369 g/mol. The summed E-state index contributed by atoms with van der Waals surface area (Å²) in [4.78, 5) is 22.4. The lowest BCUT2D eigenvalue weighted by Gasteiger charge is -2.30. The average Bonchev–Trinajstić information content (AvgIpc) is 3.16. The van der Waals surface area contributed by atoms with Gasteiger partial charge in [-0.25, -0.2) is 9.50 Å². The number of carbonyl (C=O) groups is 1. The second kappa shape index (κ2) is 7.23. The van der Waals surface area contributed by atoms with Gasteiger partial charge >= 0.3 is 0 Å². The van der Waals surface area contributed by atoms with Gasteiger partial charge in [-0.05, 0) is 65.6 Å². The van der Waals surface area contributed by atoms with Crippen LogP contribution in [0.1, 0.15) is 54.7 Å². The number of likely N-dealkylation sites (N-methyl/N-ethyl adjacent to an activating group) is 1. The molecule has 0 bridgehead atoms. The van der Waals surface area contributed by atoms with E-state index in [0.29, 0.717) is 24.4 Å². The van der Waals surface area contributed by atoms with Gasteiger partial charge in [-0.15, -0.1) is 0 Å². The first-order valence-electron chi connectivity index (χ1n) is 10.3. The molecule has 0 N–H and O–H groups in total. The van der Waals surface area contributed by atoms with Gasteiger partial charge in [0, 0.05) is 42.5 Å². The fraction of sp³-hybridized carbons (Fsp3) is 0.667. The highest BCUT2D eigenvalue weighted by molar-refractivity contribution is 5.77.